The van der Waals surface area contributed by atoms with Crippen molar-refractivity contribution in [1.82, 2.24) is 0 Å². The van der Waals surface area contributed by atoms with Crippen molar-refractivity contribution < 1.29 is 14.3 Å². The molecule has 1 amide bonds. The molecular formula is C23H23NO3. The molecule has 138 valence electrons. The number of carbonyl (C=O) groups is 2. The lowest BCUT2D eigenvalue weighted by Gasteiger charge is -2.35. The van der Waals surface area contributed by atoms with Crippen LogP contribution in [0.2, 0.25) is 0 Å². The third-order valence-electron chi connectivity index (χ3n) is 5.49. The lowest BCUT2D eigenvalue weighted by Crippen LogP contribution is -2.43. The number of anilines is 1. The largest absolute Gasteiger partial charge is 0.465 e. The van der Waals surface area contributed by atoms with Gasteiger partial charge in [-0.1, -0.05) is 54.1 Å². The number of allylic oxidation sites excluding steroid dienone is 2. The number of amides is 1. The number of rotatable bonds is 3. The van der Waals surface area contributed by atoms with Crippen LogP contribution in [-0.4, -0.2) is 18.5 Å². The highest BCUT2D eigenvalue weighted by Crippen LogP contribution is 2.37. The van der Waals surface area contributed by atoms with Crippen LogP contribution in [-0.2, 0) is 14.3 Å². The fourth-order valence-electron chi connectivity index (χ4n) is 4.00. The van der Waals surface area contributed by atoms with Crippen LogP contribution in [0.15, 0.2) is 60.7 Å². The Morgan fingerprint density at radius 3 is 2.74 bits per heavy atom. The number of ether oxygens (including phenoxy) is 1. The van der Waals surface area contributed by atoms with Crippen molar-refractivity contribution in [2.24, 2.45) is 17.8 Å². The van der Waals surface area contributed by atoms with Gasteiger partial charge in [0.05, 0.1) is 18.4 Å². The van der Waals surface area contributed by atoms with Crippen LogP contribution in [0.3, 0.4) is 0 Å². The van der Waals surface area contributed by atoms with Gasteiger partial charge in [-0.2, -0.15) is 0 Å². The number of hydrogen-bond acceptors (Lipinski definition) is 3. The van der Waals surface area contributed by atoms with E-state index >= 15 is 0 Å². The molecule has 1 saturated heterocycles. The summed E-state index contributed by atoms with van der Waals surface area (Å²) in [6.07, 6.45) is 5.44. The van der Waals surface area contributed by atoms with E-state index in [9.17, 15) is 9.59 Å². The number of fused-ring (bicyclic) bond motifs is 1. The Labute approximate surface area is 159 Å². The van der Waals surface area contributed by atoms with E-state index < -0.39 is 0 Å². The Morgan fingerprint density at radius 1 is 1.11 bits per heavy atom. The Bertz CT molecular complexity index is 885. The van der Waals surface area contributed by atoms with Crippen LogP contribution in [0.5, 0.6) is 0 Å². The van der Waals surface area contributed by atoms with Gasteiger partial charge in [0.2, 0.25) is 5.91 Å². The van der Waals surface area contributed by atoms with Crippen molar-refractivity contribution >= 4 is 17.6 Å². The van der Waals surface area contributed by atoms with Crippen LogP contribution in [0.1, 0.15) is 18.4 Å². The van der Waals surface area contributed by atoms with Gasteiger partial charge in [0, 0.05) is 5.69 Å². The molecule has 1 aliphatic heterocycles. The molecule has 4 rings (SSSR count). The van der Waals surface area contributed by atoms with Crippen LogP contribution < -0.4 is 5.32 Å². The first-order valence-electron chi connectivity index (χ1n) is 9.43. The molecule has 27 heavy (non-hydrogen) atoms. The van der Waals surface area contributed by atoms with Gasteiger partial charge >= 0.3 is 5.97 Å². The summed E-state index contributed by atoms with van der Waals surface area (Å²) in [6.45, 7) is 2.50. The minimum atomic E-state index is -0.379. The Balaban J connectivity index is 1.53. The SMILES string of the molecule is Cc1ccc(-c2cccc(NC(=O)C3CC=C[C@@H]4CCOC(=O)[C@H]34)c2)cc1. The van der Waals surface area contributed by atoms with Gasteiger partial charge in [-0.25, -0.2) is 0 Å². The molecule has 1 heterocycles. The van der Waals surface area contributed by atoms with Gasteiger partial charge in [-0.3, -0.25) is 9.59 Å². The minimum absolute atomic E-state index is 0.106. The molecular weight excluding hydrogens is 338 g/mol. The summed E-state index contributed by atoms with van der Waals surface area (Å²) in [5.74, 6) is -1.01. The number of benzene rings is 2. The molecule has 2 aliphatic rings. The average Bonchev–Trinajstić information content (AvgIpc) is 2.68. The highest BCUT2D eigenvalue weighted by Gasteiger charge is 2.43. The lowest BCUT2D eigenvalue weighted by atomic mass is 9.73. The van der Waals surface area contributed by atoms with Crippen LogP contribution in [0.4, 0.5) is 5.69 Å². The van der Waals surface area contributed by atoms with E-state index in [1.807, 2.05) is 30.3 Å². The van der Waals surface area contributed by atoms with Gasteiger partial charge in [0.25, 0.3) is 0 Å². The Kier molecular flexibility index (Phi) is 4.80. The fourth-order valence-corrected chi connectivity index (χ4v) is 4.00. The van der Waals surface area contributed by atoms with Crippen molar-refractivity contribution in [3.05, 3.63) is 66.2 Å². The molecule has 0 bridgehead atoms. The number of carbonyl (C=O) groups excluding carboxylic acids is 2. The van der Waals surface area contributed by atoms with E-state index in [0.29, 0.717) is 13.0 Å². The van der Waals surface area contributed by atoms with Crippen LogP contribution in [0, 0.1) is 24.7 Å². The van der Waals surface area contributed by atoms with E-state index in [1.165, 1.54) is 5.56 Å². The lowest BCUT2D eigenvalue weighted by molar-refractivity contribution is -0.160. The Hall–Kier alpha value is -2.88. The van der Waals surface area contributed by atoms with Gasteiger partial charge < -0.3 is 10.1 Å². The topological polar surface area (TPSA) is 55.4 Å². The predicted molar refractivity (Wildman–Crippen MR) is 105 cm³/mol. The van der Waals surface area contributed by atoms with Crippen molar-refractivity contribution in [3.63, 3.8) is 0 Å². The maximum Gasteiger partial charge on any atom is 0.310 e. The summed E-state index contributed by atoms with van der Waals surface area (Å²) in [4.78, 5) is 25.1. The first-order valence-corrected chi connectivity index (χ1v) is 9.43. The summed E-state index contributed by atoms with van der Waals surface area (Å²) >= 11 is 0. The van der Waals surface area contributed by atoms with E-state index in [0.717, 1.165) is 23.2 Å². The number of hydrogen-bond donors (Lipinski definition) is 1. The van der Waals surface area contributed by atoms with E-state index in [1.54, 1.807) is 0 Å². The summed E-state index contributed by atoms with van der Waals surface area (Å²) in [6, 6.07) is 16.1. The fraction of sp³-hybridized carbons (Fsp3) is 0.304. The molecule has 2 aromatic carbocycles. The van der Waals surface area contributed by atoms with Gasteiger partial charge in [0.15, 0.2) is 0 Å². The molecule has 0 aromatic heterocycles. The first-order chi connectivity index (χ1) is 13.1. The monoisotopic (exact) mass is 361 g/mol. The third kappa shape index (κ3) is 3.65. The number of aryl methyl sites for hydroxylation is 1. The number of nitrogens with one attached hydrogen (secondary N) is 1. The highest BCUT2D eigenvalue weighted by atomic mass is 16.5. The highest BCUT2D eigenvalue weighted by molar-refractivity contribution is 5.96. The molecule has 1 aliphatic carbocycles. The smallest absolute Gasteiger partial charge is 0.310 e. The molecule has 4 nitrogen and oxygen atoms in total. The zero-order chi connectivity index (χ0) is 18.8. The molecule has 1 fully saturated rings. The summed E-state index contributed by atoms with van der Waals surface area (Å²) in [5.41, 5.74) is 4.11. The molecule has 2 aromatic rings. The van der Waals surface area contributed by atoms with Gasteiger partial charge in [0.1, 0.15) is 0 Å². The van der Waals surface area contributed by atoms with Crippen LogP contribution in [0.25, 0.3) is 11.1 Å². The van der Waals surface area contributed by atoms with E-state index in [-0.39, 0.29) is 29.6 Å². The van der Waals surface area contributed by atoms with Crippen molar-refractivity contribution in [2.45, 2.75) is 19.8 Å². The second-order valence-corrected chi connectivity index (χ2v) is 7.35. The molecule has 0 radical (unpaired) electrons. The Morgan fingerprint density at radius 2 is 1.93 bits per heavy atom. The third-order valence-corrected chi connectivity index (χ3v) is 5.49. The predicted octanol–water partition coefficient (Wildman–Crippen LogP) is 4.36. The molecule has 1 N–H and O–H groups in total. The minimum Gasteiger partial charge on any atom is -0.465 e. The standard InChI is InChI=1S/C23H23NO3/c1-15-8-10-16(11-9-15)18-5-2-6-19(14-18)24-22(25)20-7-3-4-17-12-13-27-23(26)21(17)20/h2-6,8-11,14,17,20-21H,7,12-13H2,1H3,(H,24,25)/t17-,20?,21+/m1/s1. The summed E-state index contributed by atoms with van der Waals surface area (Å²) < 4.78 is 5.21. The molecule has 0 saturated carbocycles. The molecule has 0 spiro atoms. The second kappa shape index (κ2) is 7.39. The van der Waals surface area contributed by atoms with Crippen molar-refractivity contribution in [2.75, 3.05) is 11.9 Å². The van der Waals surface area contributed by atoms with Crippen molar-refractivity contribution in [3.8, 4) is 11.1 Å². The maximum atomic E-state index is 12.9. The molecule has 1 unspecified atom stereocenters. The number of cyclic esters (lactones) is 1. The van der Waals surface area contributed by atoms with E-state index in [4.69, 9.17) is 4.74 Å². The zero-order valence-corrected chi connectivity index (χ0v) is 15.4. The average molecular weight is 361 g/mol. The summed E-state index contributed by atoms with van der Waals surface area (Å²) in [5, 5.41) is 3.01. The summed E-state index contributed by atoms with van der Waals surface area (Å²) in [7, 11) is 0. The number of esters is 1. The molecule has 3 atom stereocenters. The zero-order valence-electron chi connectivity index (χ0n) is 15.4. The maximum absolute atomic E-state index is 12.9. The quantitative estimate of drug-likeness (QED) is 0.653. The van der Waals surface area contributed by atoms with Crippen molar-refractivity contribution in [1.29, 1.82) is 0 Å². The van der Waals surface area contributed by atoms with E-state index in [2.05, 4.69) is 42.6 Å². The molecule has 4 heteroatoms. The van der Waals surface area contributed by atoms with Gasteiger partial charge in [-0.05, 0) is 48.9 Å². The van der Waals surface area contributed by atoms with Gasteiger partial charge in [-0.15, -0.1) is 0 Å². The first kappa shape index (κ1) is 17.5. The van der Waals surface area contributed by atoms with Crippen LogP contribution >= 0.6 is 0 Å². The normalized spacial score (nSPS) is 24.0. The second-order valence-electron chi connectivity index (χ2n) is 7.35.